The number of carbonyl (C=O) groups excluding carboxylic acids is 2. The number of anilines is 1. The van der Waals surface area contributed by atoms with E-state index in [1.165, 1.54) is 45.2 Å². The van der Waals surface area contributed by atoms with Gasteiger partial charge in [0.1, 0.15) is 0 Å². The lowest BCUT2D eigenvalue weighted by atomic mass is 9.94. The molecule has 2 aliphatic heterocycles. The number of piperazine rings is 1. The Hall–Kier alpha value is -2.03. The zero-order valence-corrected chi connectivity index (χ0v) is 20.2. The summed E-state index contributed by atoms with van der Waals surface area (Å²) in [6, 6.07) is 7.91. The molecule has 180 valence electrons. The van der Waals surface area contributed by atoms with Crippen LogP contribution in [0.5, 0.6) is 0 Å². The van der Waals surface area contributed by atoms with Gasteiger partial charge in [0.15, 0.2) is 5.76 Å². The fourth-order valence-electron chi connectivity index (χ4n) is 4.86. The molecule has 2 fully saturated rings. The van der Waals surface area contributed by atoms with E-state index in [-0.39, 0.29) is 11.8 Å². The van der Waals surface area contributed by atoms with Crippen molar-refractivity contribution in [2.75, 3.05) is 56.9 Å². The fraction of sp³-hybridized carbons (Fsp3) is 0.600. The summed E-state index contributed by atoms with van der Waals surface area (Å²) in [6.45, 7) is 6.72. The third-order valence-corrected chi connectivity index (χ3v) is 7.51. The first-order valence-corrected chi connectivity index (χ1v) is 13.3. The van der Waals surface area contributed by atoms with Gasteiger partial charge in [0, 0.05) is 49.9 Å². The number of nitrogens with one attached hydrogen (secondary N) is 2. The number of ether oxygens (including phenoxy) is 1. The summed E-state index contributed by atoms with van der Waals surface area (Å²) in [5.41, 5.74) is 0.968. The number of nitrogens with zero attached hydrogens (tertiary/aromatic N) is 2. The summed E-state index contributed by atoms with van der Waals surface area (Å²) in [5, 5.41) is 7.55. The molecular formula is C25H36N4O3S. The predicted molar refractivity (Wildman–Crippen MR) is 133 cm³/mol. The van der Waals surface area contributed by atoms with Crippen LogP contribution in [-0.2, 0) is 9.53 Å². The molecule has 0 spiro atoms. The van der Waals surface area contributed by atoms with E-state index in [1.54, 1.807) is 29.3 Å². The van der Waals surface area contributed by atoms with Crippen LogP contribution in [0.3, 0.4) is 0 Å². The largest absolute Gasteiger partial charge is 0.487 e. The van der Waals surface area contributed by atoms with E-state index >= 15 is 0 Å². The average Bonchev–Trinajstić information content (AvgIpc) is 2.88. The summed E-state index contributed by atoms with van der Waals surface area (Å²) >= 11 is 1.55. The third kappa shape index (κ3) is 6.98. The highest BCUT2D eigenvalue weighted by Gasteiger charge is 2.25. The van der Waals surface area contributed by atoms with E-state index in [0.29, 0.717) is 30.2 Å². The first-order valence-electron chi connectivity index (χ1n) is 12.3. The number of carbonyl (C=O) groups is 2. The van der Waals surface area contributed by atoms with Gasteiger partial charge in [-0.3, -0.25) is 14.5 Å². The monoisotopic (exact) mass is 472 g/mol. The van der Waals surface area contributed by atoms with Crippen LogP contribution in [0.4, 0.5) is 5.69 Å². The van der Waals surface area contributed by atoms with Crippen molar-refractivity contribution in [1.82, 2.24) is 15.1 Å². The van der Waals surface area contributed by atoms with Gasteiger partial charge >= 0.3 is 0 Å². The van der Waals surface area contributed by atoms with Gasteiger partial charge in [-0.1, -0.05) is 31.4 Å². The molecule has 0 aromatic heterocycles. The lowest BCUT2D eigenvalue weighted by Crippen LogP contribution is -2.51. The molecule has 0 radical (unpaired) electrons. The van der Waals surface area contributed by atoms with Gasteiger partial charge < -0.3 is 20.3 Å². The Bertz CT molecular complexity index is 833. The predicted octanol–water partition coefficient (Wildman–Crippen LogP) is 3.30. The Kier molecular flexibility index (Phi) is 9.09. The minimum Gasteiger partial charge on any atom is -0.487 e. The van der Waals surface area contributed by atoms with E-state index < -0.39 is 0 Å². The molecule has 33 heavy (non-hydrogen) atoms. The number of thioether (sulfide) groups is 1. The second-order valence-electron chi connectivity index (χ2n) is 8.98. The molecule has 4 rings (SSSR count). The number of para-hydroxylation sites is 1. The summed E-state index contributed by atoms with van der Waals surface area (Å²) < 4.78 is 5.41. The molecule has 2 amide bonds. The van der Waals surface area contributed by atoms with Crippen LogP contribution in [0.15, 0.2) is 35.4 Å². The van der Waals surface area contributed by atoms with Crippen LogP contribution in [0.1, 0.15) is 48.9 Å². The van der Waals surface area contributed by atoms with E-state index in [2.05, 4.69) is 20.4 Å². The quantitative estimate of drug-likeness (QED) is 0.566. The van der Waals surface area contributed by atoms with Gasteiger partial charge in [0.2, 0.25) is 0 Å². The molecule has 1 aromatic rings. The zero-order valence-electron chi connectivity index (χ0n) is 19.4. The minimum atomic E-state index is -0.324. The number of hydrogen-bond acceptors (Lipinski definition) is 6. The first kappa shape index (κ1) is 24.1. The Morgan fingerprint density at radius 3 is 2.58 bits per heavy atom. The highest BCUT2D eigenvalue weighted by molar-refractivity contribution is 8.02. The number of amides is 2. The number of benzene rings is 1. The maximum Gasteiger partial charge on any atom is 0.291 e. The highest BCUT2D eigenvalue weighted by Crippen LogP contribution is 2.23. The van der Waals surface area contributed by atoms with Crippen molar-refractivity contribution in [3.8, 4) is 0 Å². The standard InChI is InChI=1S/C25H36N4O3S/c30-24(21-9-4-5-10-22(21)27-25(31)23-19-33-18-17-32-23)26-11-6-12-28-13-15-29(16-14-28)20-7-2-1-3-8-20/h4-5,9-10,19-20H,1-3,6-8,11-18H2,(H,26,30)(H,27,31). The van der Waals surface area contributed by atoms with Gasteiger partial charge in [0.25, 0.3) is 11.8 Å². The van der Waals surface area contributed by atoms with Crippen molar-refractivity contribution in [3.63, 3.8) is 0 Å². The lowest BCUT2D eigenvalue weighted by Gasteiger charge is -2.40. The first-order chi connectivity index (χ1) is 16.2. The Morgan fingerprint density at radius 1 is 1.03 bits per heavy atom. The molecular weight excluding hydrogens is 436 g/mol. The van der Waals surface area contributed by atoms with Crippen molar-refractivity contribution in [1.29, 1.82) is 0 Å². The SMILES string of the molecule is O=C(Nc1ccccc1C(=O)NCCCN1CCN(C2CCCCC2)CC1)C1=CSCCO1. The second-order valence-corrected chi connectivity index (χ2v) is 9.96. The third-order valence-electron chi connectivity index (χ3n) is 6.73. The van der Waals surface area contributed by atoms with E-state index in [4.69, 9.17) is 4.74 Å². The second kappa shape index (κ2) is 12.4. The van der Waals surface area contributed by atoms with Crippen molar-refractivity contribution in [3.05, 3.63) is 41.0 Å². The number of hydrogen-bond donors (Lipinski definition) is 2. The fourth-order valence-corrected chi connectivity index (χ4v) is 5.48. The van der Waals surface area contributed by atoms with E-state index in [1.807, 2.05) is 12.1 Å². The van der Waals surface area contributed by atoms with Crippen LogP contribution in [-0.4, -0.2) is 79.3 Å². The maximum atomic E-state index is 12.8. The molecule has 1 saturated carbocycles. The number of rotatable bonds is 8. The maximum absolute atomic E-state index is 12.8. The van der Waals surface area contributed by atoms with Crippen LogP contribution < -0.4 is 10.6 Å². The molecule has 7 nitrogen and oxygen atoms in total. The Balaban J connectivity index is 1.18. The summed E-state index contributed by atoms with van der Waals surface area (Å²) in [4.78, 5) is 30.4. The molecule has 0 bridgehead atoms. The topological polar surface area (TPSA) is 73.9 Å². The van der Waals surface area contributed by atoms with Crippen LogP contribution in [0, 0.1) is 0 Å². The lowest BCUT2D eigenvalue weighted by molar-refractivity contribution is -0.116. The van der Waals surface area contributed by atoms with Crippen LogP contribution >= 0.6 is 11.8 Å². The average molecular weight is 473 g/mol. The molecule has 3 aliphatic rings. The molecule has 0 unspecified atom stereocenters. The zero-order chi connectivity index (χ0) is 22.9. The van der Waals surface area contributed by atoms with Gasteiger partial charge in [-0.2, -0.15) is 0 Å². The summed E-state index contributed by atoms with van der Waals surface area (Å²) in [6.07, 6.45) is 7.85. The van der Waals surface area contributed by atoms with Crippen molar-refractivity contribution >= 4 is 29.3 Å². The van der Waals surface area contributed by atoms with Crippen molar-refractivity contribution < 1.29 is 14.3 Å². The molecule has 1 saturated heterocycles. The van der Waals surface area contributed by atoms with Crippen molar-refractivity contribution in [2.45, 2.75) is 44.6 Å². The smallest absolute Gasteiger partial charge is 0.291 e. The van der Waals surface area contributed by atoms with Gasteiger partial charge in [-0.25, -0.2) is 0 Å². The molecule has 8 heteroatoms. The normalized spacial score (nSPS) is 20.5. The molecule has 2 N–H and O–H groups in total. The molecule has 0 atom stereocenters. The summed E-state index contributed by atoms with van der Waals surface area (Å²) in [5.74, 6) is 0.646. The van der Waals surface area contributed by atoms with Crippen LogP contribution in [0.2, 0.25) is 0 Å². The van der Waals surface area contributed by atoms with Gasteiger partial charge in [-0.05, 0) is 37.9 Å². The van der Waals surface area contributed by atoms with Gasteiger partial charge in [-0.15, -0.1) is 11.8 Å². The van der Waals surface area contributed by atoms with E-state index in [9.17, 15) is 9.59 Å². The Morgan fingerprint density at radius 2 is 1.82 bits per heavy atom. The van der Waals surface area contributed by atoms with Crippen LogP contribution in [0.25, 0.3) is 0 Å². The minimum absolute atomic E-state index is 0.166. The molecule has 1 aliphatic carbocycles. The molecule has 2 heterocycles. The van der Waals surface area contributed by atoms with E-state index in [0.717, 1.165) is 37.8 Å². The highest BCUT2D eigenvalue weighted by atomic mass is 32.2. The summed E-state index contributed by atoms with van der Waals surface area (Å²) in [7, 11) is 0. The van der Waals surface area contributed by atoms with Gasteiger partial charge in [0.05, 0.1) is 17.9 Å². The van der Waals surface area contributed by atoms with Crippen molar-refractivity contribution in [2.24, 2.45) is 0 Å². The Labute approximate surface area is 201 Å². The molecule has 1 aromatic carbocycles.